The second-order valence-corrected chi connectivity index (χ2v) is 3.42. The second kappa shape index (κ2) is 3.02. The number of nitrogens with one attached hydrogen (secondary N) is 1. The molecule has 1 nitrogen and oxygen atoms in total. The van der Waals surface area contributed by atoms with Gasteiger partial charge in [0.05, 0.1) is 0 Å². The van der Waals surface area contributed by atoms with Crippen molar-refractivity contribution in [2.75, 3.05) is 0 Å². The van der Waals surface area contributed by atoms with Crippen molar-refractivity contribution in [1.29, 1.82) is 0 Å². The molecule has 0 aliphatic rings. The first-order valence-electron chi connectivity index (χ1n) is 3.36. The Bertz CT molecular complexity index is 89.2. The summed E-state index contributed by atoms with van der Waals surface area (Å²) in [4.78, 5) is 0. The SMILES string of the molecule is C=CC(C)NC(C)(C)C. The molecule has 1 N–H and O–H groups in total. The molecule has 0 rings (SSSR count). The van der Waals surface area contributed by atoms with E-state index >= 15 is 0 Å². The molecule has 1 atom stereocenters. The normalized spacial score (nSPS) is 15.1. The predicted molar refractivity (Wildman–Crippen MR) is 42.5 cm³/mol. The smallest absolute Gasteiger partial charge is 0.0223 e. The summed E-state index contributed by atoms with van der Waals surface area (Å²) < 4.78 is 0. The first-order valence-corrected chi connectivity index (χ1v) is 3.36. The van der Waals surface area contributed by atoms with E-state index in [0.717, 1.165) is 0 Å². The third-order valence-electron chi connectivity index (χ3n) is 1.01. The Balaban J connectivity index is 3.59. The summed E-state index contributed by atoms with van der Waals surface area (Å²) in [6.45, 7) is 12.2. The average molecular weight is 127 g/mol. The van der Waals surface area contributed by atoms with Crippen molar-refractivity contribution < 1.29 is 0 Å². The van der Waals surface area contributed by atoms with E-state index in [4.69, 9.17) is 0 Å². The van der Waals surface area contributed by atoms with E-state index in [2.05, 4.69) is 39.6 Å². The summed E-state index contributed by atoms with van der Waals surface area (Å²) in [6, 6.07) is 0.407. The van der Waals surface area contributed by atoms with Gasteiger partial charge in [0.1, 0.15) is 0 Å². The summed E-state index contributed by atoms with van der Waals surface area (Å²) in [7, 11) is 0. The van der Waals surface area contributed by atoms with Crippen molar-refractivity contribution in [2.24, 2.45) is 0 Å². The highest BCUT2D eigenvalue weighted by Crippen LogP contribution is 2.00. The zero-order chi connectivity index (χ0) is 7.49. The van der Waals surface area contributed by atoms with Crippen LogP contribution in [-0.2, 0) is 0 Å². The summed E-state index contributed by atoms with van der Waals surface area (Å²) in [6.07, 6.45) is 1.91. The van der Waals surface area contributed by atoms with Crippen molar-refractivity contribution in [3.8, 4) is 0 Å². The molecule has 0 aliphatic carbocycles. The van der Waals surface area contributed by atoms with Gasteiger partial charge in [-0.05, 0) is 27.7 Å². The minimum Gasteiger partial charge on any atom is -0.306 e. The largest absolute Gasteiger partial charge is 0.306 e. The summed E-state index contributed by atoms with van der Waals surface area (Å²) in [5.41, 5.74) is 0.202. The summed E-state index contributed by atoms with van der Waals surface area (Å²) in [5.74, 6) is 0. The van der Waals surface area contributed by atoms with Gasteiger partial charge in [0.25, 0.3) is 0 Å². The lowest BCUT2D eigenvalue weighted by molar-refractivity contribution is 0.404. The van der Waals surface area contributed by atoms with Gasteiger partial charge in [0.15, 0.2) is 0 Å². The van der Waals surface area contributed by atoms with Crippen molar-refractivity contribution in [2.45, 2.75) is 39.3 Å². The van der Waals surface area contributed by atoms with Crippen LogP contribution in [0.25, 0.3) is 0 Å². The van der Waals surface area contributed by atoms with E-state index in [1.54, 1.807) is 0 Å². The molecular formula is C8H17N. The van der Waals surface area contributed by atoms with Crippen molar-refractivity contribution in [1.82, 2.24) is 5.32 Å². The van der Waals surface area contributed by atoms with Gasteiger partial charge in [-0.25, -0.2) is 0 Å². The lowest BCUT2D eigenvalue weighted by Gasteiger charge is -2.23. The highest BCUT2D eigenvalue weighted by molar-refractivity contribution is 4.86. The molecule has 0 aromatic carbocycles. The lowest BCUT2D eigenvalue weighted by Crippen LogP contribution is -2.40. The highest BCUT2D eigenvalue weighted by Gasteiger charge is 2.10. The topological polar surface area (TPSA) is 12.0 Å². The minimum atomic E-state index is 0.202. The molecule has 54 valence electrons. The molecule has 0 fully saturated rings. The van der Waals surface area contributed by atoms with Crippen LogP contribution >= 0.6 is 0 Å². The van der Waals surface area contributed by atoms with E-state index in [-0.39, 0.29) is 5.54 Å². The Morgan fingerprint density at radius 2 is 1.89 bits per heavy atom. The van der Waals surface area contributed by atoms with Crippen molar-refractivity contribution in [3.63, 3.8) is 0 Å². The molecule has 0 spiro atoms. The van der Waals surface area contributed by atoms with Crippen LogP contribution in [0, 0.1) is 0 Å². The Hall–Kier alpha value is -0.300. The predicted octanol–water partition coefficient (Wildman–Crippen LogP) is 1.95. The molecule has 0 saturated heterocycles. The van der Waals surface area contributed by atoms with Gasteiger partial charge in [-0.2, -0.15) is 0 Å². The fourth-order valence-corrected chi connectivity index (χ4v) is 0.742. The Morgan fingerprint density at radius 3 is 2.00 bits per heavy atom. The highest BCUT2D eigenvalue weighted by atomic mass is 15.0. The molecule has 1 heteroatoms. The molecule has 1 unspecified atom stereocenters. The molecular weight excluding hydrogens is 110 g/mol. The van der Waals surface area contributed by atoms with Crippen LogP contribution < -0.4 is 5.32 Å². The Kier molecular flexibility index (Phi) is 2.92. The quantitative estimate of drug-likeness (QED) is 0.559. The van der Waals surface area contributed by atoms with Gasteiger partial charge < -0.3 is 5.32 Å². The number of hydrogen-bond donors (Lipinski definition) is 1. The van der Waals surface area contributed by atoms with E-state index in [1.807, 2.05) is 6.08 Å². The maximum absolute atomic E-state index is 3.68. The minimum absolute atomic E-state index is 0.202. The maximum atomic E-state index is 3.68. The second-order valence-electron chi connectivity index (χ2n) is 3.42. The molecule has 0 aromatic heterocycles. The molecule has 9 heavy (non-hydrogen) atoms. The Labute approximate surface area is 58.2 Å². The van der Waals surface area contributed by atoms with Crippen molar-refractivity contribution in [3.05, 3.63) is 12.7 Å². The first-order chi connectivity index (χ1) is 3.95. The van der Waals surface area contributed by atoms with Gasteiger partial charge in [-0.3, -0.25) is 0 Å². The van der Waals surface area contributed by atoms with E-state index in [9.17, 15) is 0 Å². The fourth-order valence-electron chi connectivity index (χ4n) is 0.742. The first kappa shape index (κ1) is 8.70. The average Bonchev–Trinajstić information content (AvgIpc) is 1.62. The van der Waals surface area contributed by atoms with Crippen LogP contribution in [0.15, 0.2) is 12.7 Å². The standard InChI is InChI=1S/C8H17N/c1-6-7(2)9-8(3,4)5/h6-7,9H,1H2,2-5H3. The van der Waals surface area contributed by atoms with Gasteiger partial charge in [-0.1, -0.05) is 6.08 Å². The molecule has 0 radical (unpaired) electrons. The van der Waals surface area contributed by atoms with Crippen LogP contribution in [0.3, 0.4) is 0 Å². The molecule has 0 heterocycles. The molecule has 0 aromatic rings. The van der Waals surface area contributed by atoms with Gasteiger partial charge in [0, 0.05) is 11.6 Å². The zero-order valence-corrected chi connectivity index (χ0v) is 6.86. The van der Waals surface area contributed by atoms with Gasteiger partial charge in [0.2, 0.25) is 0 Å². The number of rotatable bonds is 2. The van der Waals surface area contributed by atoms with Crippen LogP contribution in [0.5, 0.6) is 0 Å². The monoisotopic (exact) mass is 127 g/mol. The number of hydrogen-bond acceptors (Lipinski definition) is 1. The maximum Gasteiger partial charge on any atom is 0.0223 e. The third kappa shape index (κ3) is 5.57. The summed E-state index contributed by atoms with van der Waals surface area (Å²) in [5, 5.41) is 3.35. The molecule has 0 aliphatic heterocycles. The molecule has 0 saturated carbocycles. The zero-order valence-electron chi connectivity index (χ0n) is 6.86. The van der Waals surface area contributed by atoms with Crippen LogP contribution in [0.4, 0.5) is 0 Å². The lowest BCUT2D eigenvalue weighted by atomic mass is 10.1. The molecule has 0 bridgehead atoms. The third-order valence-corrected chi connectivity index (χ3v) is 1.01. The van der Waals surface area contributed by atoms with Crippen LogP contribution in [0.1, 0.15) is 27.7 Å². The Morgan fingerprint density at radius 1 is 1.44 bits per heavy atom. The van der Waals surface area contributed by atoms with E-state index < -0.39 is 0 Å². The van der Waals surface area contributed by atoms with Crippen molar-refractivity contribution >= 4 is 0 Å². The summed E-state index contributed by atoms with van der Waals surface area (Å²) >= 11 is 0. The molecule has 0 amide bonds. The van der Waals surface area contributed by atoms with Gasteiger partial charge in [-0.15, -0.1) is 6.58 Å². The van der Waals surface area contributed by atoms with E-state index in [0.29, 0.717) is 6.04 Å². The van der Waals surface area contributed by atoms with Crippen LogP contribution in [0.2, 0.25) is 0 Å². The van der Waals surface area contributed by atoms with E-state index in [1.165, 1.54) is 0 Å². The van der Waals surface area contributed by atoms with Gasteiger partial charge >= 0.3 is 0 Å². The van der Waals surface area contributed by atoms with Crippen LogP contribution in [-0.4, -0.2) is 11.6 Å². The fraction of sp³-hybridized carbons (Fsp3) is 0.750.